The van der Waals surface area contributed by atoms with Crippen LogP contribution < -0.4 is 5.73 Å². The van der Waals surface area contributed by atoms with Crippen LogP contribution in [0.4, 0.5) is 0 Å². The van der Waals surface area contributed by atoms with Crippen molar-refractivity contribution in [3.63, 3.8) is 0 Å². The van der Waals surface area contributed by atoms with E-state index in [0.717, 1.165) is 11.1 Å². The molecule has 0 aromatic heterocycles. The van der Waals surface area contributed by atoms with Crippen LogP contribution in [0.3, 0.4) is 0 Å². The maximum Gasteiger partial charge on any atom is 0.183 e. The topological polar surface area (TPSA) is 69.4 Å². The summed E-state index contributed by atoms with van der Waals surface area (Å²) in [5.74, 6) is -0.255. The molecule has 122 valence electrons. The maximum absolute atomic E-state index is 13.0. The predicted octanol–water partition coefficient (Wildman–Crippen LogP) is 2.28. The van der Waals surface area contributed by atoms with Crippen LogP contribution >= 0.6 is 0 Å². The van der Waals surface area contributed by atoms with Gasteiger partial charge in [0, 0.05) is 13.0 Å². The average Bonchev–Trinajstić information content (AvgIpc) is 3.15. The molecule has 0 amide bonds. The van der Waals surface area contributed by atoms with Crippen LogP contribution in [0, 0.1) is 6.92 Å². The molecule has 0 bridgehead atoms. The Hall–Kier alpha value is -1.69. The molecule has 3 atom stereocenters. The molecule has 2 N–H and O–H groups in total. The Labute approximate surface area is 137 Å². The van der Waals surface area contributed by atoms with Crippen LogP contribution in [0.1, 0.15) is 17.0 Å². The Morgan fingerprint density at radius 1 is 1.09 bits per heavy atom. The first-order valence-electron chi connectivity index (χ1n) is 7.54. The number of methoxy groups -OCH3 is 1. The van der Waals surface area contributed by atoms with Gasteiger partial charge in [-0.15, -0.1) is 0 Å². The molecule has 1 aliphatic carbocycles. The third-order valence-electron chi connectivity index (χ3n) is 4.54. The molecule has 1 aliphatic rings. The fourth-order valence-corrected chi connectivity index (χ4v) is 5.62. The van der Waals surface area contributed by atoms with E-state index in [-0.39, 0.29) is 12.5 Å². The molecule has 0 aliphatic heterocycles. The summed E-state index contributed by atoms with van der Waals surface area (Å²) < 4.78 is 31.3. The van der Waals surface area contributed by atoms with Crippen molar-refractivity contribution in [2.75, 3.05) is 13.7 Å². The summed E-state index contributed by atoms with van der Waals surface area (Å²) in [5.41, 5.74) is 7.50. The zero-order chi connectivity index (χ0) is 16.7. The van der Waals surface area contributed by atoms with Gasteiger partial charge in [-0.2, -0.15) is 0 Å². The van der Waals surface area contributed by atoms with Gasteiger partial charge in [0.2, 0.25) is 0 Å². The Kier molecular flexibility index (Phi) is 4.04. The lowest BCUT2D eigenvalue weighted by Gasteiger charge is -2.11. The van der Waals surface area contributed by atoms with Crippen LogP contribution in [-0.4, -0.2) is 32.9 Å². The van der Waals surface area contributed by atoms with E-state index in [9.17, 15) is 8.42 Å². The van der Waals surface area contributed by atoms with E-state index < -0.39 is 20.6 Å². The molecular weight excluding hydrogens is 310 g/mol. The molecule has 4 nitrogen and oxygen atoms in total. The fourth-order valence-electron chi connectivity index (χ4n) is 3.33. The van der Waals surface area contributed by atoms with E-state index in [0.29, 0.717) is 4.90 Å². The van der Waals surface area contributed by atoms with Crippen molar-refractivity contribution in [1.82, 2.24) is 0 Å². The average molecular weight is 331 g/mol. The molecule has 3 unspecified atom stereocenters. The SMILES string of the molecule is COCC1(N)C(c2ccccc2)C1S(=O)(=O)c1ccc(C)cc1. The van der Waals surface area contributed by atoms with Gasteiger partial charge in [-0.25, -0.2) is 8.42 Å². The van der Waals surface area contributed by atoms with Crippen molar-refractivity contribution < 1.29 is 13.2 Å². The standard InChI is InChI=1S/C18H21NO3S/c1-13-8-10-15(11-9-13)23(20,21)17-16(18(17,19)12-22-2)14-6-4-3-5-7-14/h3-11,16-17H,12,19H2,1-2H3. The van der Waals surface area contributed by atoms with Gasteiger partial charge in [-0.05, 0) is 24.6 Å². The molecule has 0 saturated heterocycles. The van der Waals surface area contributed by atoms with E-state index in [1.807, 2.05) is 37.3 Å². The van der Waals surface area contributed by atoms with Gasteiger partial charge < -0.3 is 10.5 Å². The van der Waals surface area contributed by atoms with E-state index >= 15 is 0 Å². The van der Waals surface area contributed by atoms with Crippen LogP contribution in [0.15, 0.2) is 59.5 Å². The first-order valence-corrected chi connectivity index (χ1v) is 9.09. The number of nitrogens with two attached hydrogens (primary N) is 1. The lowest BCUT2D eigenvalue weighted by molar-refractivity contribution is 0.171. The quantitative estimate of drug-likeness (QED) is 0.912. The summed E-state index contributed by atoms with van der Waals surface area (Å²) in [6, 6.07) is 16.5. The highest BCUT2D eigenvalue weighted by Gasteiger charge is 2.69. The van der Waals surface area contributed by atoms with E-state index in [1.165, 1.54) is 0 Å². The highest BCUT2D eigenvalue weighted by Crippen LogP contribution is 2.55. The lowest BCUT2D eigenvalue weighted by Crippen LogP contribution is -2.35. The largest absolute Gasteiger partial charge is 0.383 e. The van der Waals surface area contributed by atoms with Crippen LogP contribution in [0.5, 0.6) is 0 Å². The predicted molar refractivity (Wildman–Crippen MR) is 90.1 cm³/mol. The summed E-state index contributed by atoms with van der Waals surface area (Å²) in [7, 11) is -1.97. The summed E-state index contributed by atoms with van der Waals surface area (Å²) in [6.45, 7) is 2.14. The minimum atomic E-state index is -3.51. The number of rotatable bonds is 5. The third-order valence-corrected chi connectivity index (χ3v) is 6.85. The molecule has 23 heavy (non-hydrogen) atoms. The van der Waals surface area contributed by atoms with Crippen molar-refractivity contribution >= 4 is 9.84 Å². The lowest BCUT2D eigenvalue weighted by atomic mass is 10.1. The van der Waals surface area contributed by atoms with Crippen molar-refractivity contribution in [3.8, 4) is 0 Å². The minimum absolute atomic E-state index is 0.211. The van der Waals surface area contributed by atoms with Gasteiger partial charge >= 0.3 is 0 Å². The van der Waals surface area contributed by atoms with Crippen molar-refractivity contribution in [1.29, 1.82) is 0 Å². The molecule has 1 fully saturated rings. The van der Waals surface area contributed by atoms with Gasteiger partial charge in [0.25, 0.3) is 0 Å². The number of sulfone groups is 1. The molecule has 2 aromatic rings. The van der Waals surface area contributed by atoms with Crippen molar-refractivity contribution in [2.24, 2.45) is 5.73 Å². The fraction of sp³-hybridized carbons (Fsp3) is 0.333. The second kappa shape index (κ2) is 5.74. The van der Waals surface area contributed by atoms with Crippen molar-refractivity contribution in [3.05, 3.63) is 65.7 Å². The molecule has 2 aromatic carbocycles. The molecule has 0 radical (unpaired) electrons. The smallest absolute Gasteiger partial charge is 0.183 e. The van der Waals surface area contributed by atoms with E-state index in [4.69, 9.17) is 10.5 Å². The van der Waals surface area contributed by atoms with Crippen LogP contribution in [0.2, 0.25) is 0 Å². The molecular formula is C18H21NO3S. The summed E-state index contributed by atoms with van der Waals surface area (Å²) in [5, 5.41) is -0.667. The number of hydrogen-bond donors (Lipinski definition) is 1. The first-order chi connectivity index (χ1) is 10.9. The normalized spacial score (nSPS) is 26.9. The monoisotopic (exact) mass is 331 g/mol. The van der Waals surface area contributed by atoms with Crippen LogP contribution in [0.25, 0.3) is 0 Å². The van der Waals surface area contributed by atoms with Gasteiger partial charge in [0.1, 0.15) is 0 Å². The summed E-state index contributed by atoms with van der Waals surface area (Å²) >= 11 is 0. The maximum atomic E-state index is 13.0. The third kappa shape index (κ3) is 2.69. The van der Waals surface area contributed by atoms with Gasteiger partial charge in [0.15, 0.2) is 9.84 Å². The highest BCUT2D eigenvalue weighted by atomic mass is 32.2. The minimum Gasteiger partial charge on any atom is -0.383 e. The number of hydrogen-bond acceptors (Lipinski definition) is 4. The Morgan fingerprint density at radius 3 is 2.26 bits per heavy atom. The number of aryl methyl sites for hydroxylation is 1. The molecule has 3 rings (SSSR count). The zero-order valence-electron chi connectivity index (χ0n) is 13.3. The Morgan fingerprint density at radius 2 is 1.70 bits per heavy atom. The summed E-state index contributed by atoms with van der Waals surface area (Å²) in [6.07, 6.45) is 0. The van der Waals surface area contributed by atoms with Gasteiger partial charge in [-0.1, -0.05) is 48.0 Å². The second-order valence-electron chi connectivity index (χ2n) is 6.21. The van der Waals surface area contributed by atoms with E-state index in [2.05, 4.69) is 0 Å². The second-order valence-corrected chi connectivity index (χ2v) is 8.28. The van der Waals surface area contributed by atoms with Crippen molar-refractivity contribution in [2.45, 2.75) is 28.5 Å². The Balaban J connectivity index is 2.01. The first kappa shape index (κ1) is 16.2. The molecule has 1 saturated carbocycles. The summed E-state index contributed by atoms with van der Waals surface area (Å²) in [4.78, 5) is 0.317. The number of benzene rings is 2. The van der Waals surface area contributed by atoms with Gasteiger partial charge in [-0.3, -0.25) is 0 Å². The van der Waals surface area contributed by atoms with Gasteiger partial charge in [0.05, 0.1) is 22.3 Å². The highest BCUT2D eigenvalue weighted by molar-refractivity contribution is 7.92. The molecule has 0 spiro atoms. The van der Waals surface area contributed by atoms with Crippen LogP contribution in [-0.2, 0) is 14.6 Å². The van der Waals surface area contributed by atoms with E-state index in [1.54, 1.807) is 31.4 Å². The molecule has 5 heteroatoms. The molecule has 0 heterocycles. The Bertz CT molecular complexity index is 787. The zero-order valence-corrected chi connectivity index (χ0v) is 14.1. The number of ether oxygens (including phenoxy) is 1.